The monoisotopic (exact) mass is 339 g/mol. The van der Waals surface area contributed by atoms with Gasteiger partial charge in [-0.05, 0) is 36.6 Å². The molecule has 1 saturated carbocycles. The van der Waals surface area contributed by atoms with Crippen LogP contribution < -0.4 is 5.32 Å². The summed E-state index contributed by atoms with van der Waals surface area (Å²) >= 11 is 3.52. The van der Waals surface area contributed by atoms with E-state index in [-0.39, 0.29) is 5.97 Å². The molecule has 3 nitrogen and oxygen atoms in total. The molecule has 0 radical (unpaired) electrons. The van der Waals surface area contributed by atoms with Gasteiger partial charge in [-0.25, -0.2) is 4.79 Å². The number of halogens is 1. The standard InChI is InChI=1S/C16H22BrNO2/c1-20-16(19)13-6-7-14(15(17)10-13)11-18-9-8-12-4-2-3-5-12/h6-7,10,12,18H,2-5,8-9,11H2,1H3. The van der Waals surface area contributed by atoms with Crippen LogP contribution in [0.3, 0.4) is 0 Å². The van der Waals surface area contributed by atoms with E-state index in [1.54, 1.807) is 0 Å². The van der Waals surface area contributed by atoms with Gasteiger partial charge in [0, 0.05) is 11.0 Å². The van der Waals surface area contributed by atoms with Crippen molar-refractivity contribution in [3.05, 3.63) is 33.8 Å². The second-order valence-corrected chi connectivity index (χ2v) is 6.27. The molecule has 0 aliphatic heterocycles. The fourth-order valence-corrected chi connectivity index (χ4v) is 3.28. The van der Waals surface area contributed by atoms with Crippen LogP contribution in [0.4, 0.5) is 0 Å². The van der Waals surface area contributed by atoms with Gasteiger partial charge in [0.05, 0.1) is 12.7 Å². The summed E-state index contributed by atoms with van der Waals surface area (Å²) in [5.41, 5.74) is 1.75. The van der Waals surface area contributed by atoms with Gasteiger partial charge in [0.2, 0.25) is 0 Å². The minimum Gasteiger partial charge on any atom is -0.465 e. The summed E-state index contributed by atoms with van der Waals surface area (Å²) in [6, 6.07) is 5.60. The fourth-order valence-electron chi connectivity index (χ4n) is 2.76. The van der Waals surface area contributed by atoms with Crippen molar-refractivity contribution in [2.75, 3.05) is 13.7 Å². The summed E-state index contributed by atoms with van der Waals surface area (Å²) in [5.74, 6) is 0.624. The lowest BCUT2D eigenvalue weighted by Gasteiger charge is -2.11. The average Bonchev–Trinajstić information content (AvgIpc) is 2.97. The van der Waals surface area contributed by atoms with E-state index in [9.17, 15) is 4.79 Å². The number of ether oxygens (including phenoxy) is 1. The second kappa shape index (κ2) is 7.79. The topological polar surface area (TPSA) is 38.3 Å². The third-order valence-corrected chi connectivity index (χ3v) is 4.73. The molecule has 0 aromatic heterocycles. The van der Waals surface area contributed by atoms with Crippen molar-refractivity contribution < 1.29 is 9.53 Å². The van der Waals surface area contributed by atoms with Gasteiger partial charge in [-0.3, -0.25) is 0 Å². The first-order valence-corrected chi connectivity index (χ1v) is 8.07. The third-order valence-electron chi connectivity index (χ3n) is 3.99. The number of esters is 1. The summed E-state index contributed by atoms with van der Waals surface area (Å²) in [6.07, 6.45) is 6.90. The van der Waals surface area contributed by atoms with Gasteiger partial charge in [-0.2, -0.15) is 0 Å². The summed E-state index contributed by atoms with van der Waals surface area (Å²) < 4.78 is 5.66. The van der Waals surface area contributed by atoms with Crippen LogP contribution in [0.1, 0.15) is 48.0 Å². The summed E-state index contributed by atoms with van der Waals surface area (Å²) in [4.78, 5) is 11.4. The molecule has 0 unspecified atom stereocenters. The summed E-state index contributed by atoms with van der Waals surface area (Å²) in [7, 11) is 1.40. The van der Waals surface area contributed by atoms with Crippen LogP contribution in [0.2, 0.25) is 0 Å². The molecule has 0 amide bonds. The number of methoxy groups -OCH3 is 1. The van der Waals surface area contributed by atoms with E-state index in [1.165, 1.54) is 44.8 Å². The molecular weight excluding hydrogens is 318 g/mol. The summed E-state index contributed by atoms with van der Waals surface area (Å²) in [5, 5.41) is 3.49. The van der Waals surface area contributed by atoms with Crippen LogP contribution in [0, 0.1) is 5.92 Å². The van der Waals surface area contributed by atoms with Crippen molar-refractivity contribution in [1.82, 2.24) is 5.32 Å². The fraction of sp³-hybridized carbons (Fsp3) is 0.562. The molecule has 0 bridgehead atoms. The van der Waals surface area contributed by atoms with Gasteiger partial charge in [0.25, 0.3) is 0 Å². The molecule has 0 atom stereocenters. The highest BCUT2D eigenvalue weighted by Crippen LogP contribution is 2.27. The molecule has 1 aromatic rings. The van der Waals surface area contributed by atoms with Crippen LogP contribution in [-0.4, -0.2) is 19.6 Å². The molecule has 1 aliphatic carbocycles. The molecule has 110 valence electrons. The Morgan fingerprint density at radius 1 is 1.40 bits per heavy atom. The lowest BCUT2D eigenvalue weighted by atomic mass is 10.0. The van der Waals surface area contributed by atoms with Crippen molar-refractivity contribution in [1.29, 1.82) is 0 Å². The Hall–Kier alpha value is -0.870. The minimum absolute atomic E-state index is 0.300. The van der Waals surface area contributed by atoms with Crippen molar-refractivity contribution in [2.24, 2.45) is 5.92 Å². The first-order chi connectivity index (χ1) is 9.70. The van der Waals surface area contributed by atoms with Crippen molar-refractivity contribution in [2.45, 2.75) is 38.6 Å². The molecule has 1 N–H and O–H groups in total. The third kappa shape index (κ3) is 4.32. The Bertz CT molecular complexity index is 456. The molecule has 20 heavy (non-hydrogen) atoms. The molecule has 0 heterocycles. The molecule has 0 spiro atoms. The minimum atomic E-state index is -0.300. The Morgan fingerprint density at radius 3 is 2.80 bits per heavy atom. The van der Waals surface area contributed by atoms with Crippen LogP contribution in [-0.2, 0) is 11.3 Å². The Morgan fingerprint density at radius 2 is 2.15 bits per heavy atom. The maximum Gasteiger partial charge on any atom is 0.337 e. The first-order valence-electron chi connectivity index (χ1n) is 7.28. The normalized spacial score (nSPS) is 15.5. The zero-order chi connectivity index (χ0) is 14.4. The van der Waals surface area contributed by atoms with Crippen LogP contribution >= 0.6 is 15.9 Å². The molecule has 1 aromatic carbocycles. The van der Waals surface area contributed by atoms with Gasteiger partial charge in [-0.1, -0.05) is 47.7 Å². The number of carbonyl (C=O) groups excluding carboxylic acids is 1. The number of hydrogen-bond acceptors (Lipinski definition) is 3. The van der Waals surface area contributed by atoms with Crippen molar-refractivity contribution in [3.8, 4) is 0 Å². The Balaban J connectivity index is 1.79. The zero-order valence-electron chi connectivity index (χ0n) is 12.0. The molecule has 1 fully saturated rings. The lowest BCUT2D eigenvalue weighted by molar-refractivity contribution is 0.0600. The Kier molecular flexibility index (Phi) is 6.05. The lowest BCUT2D eigenvalue weighted by Crippen LogP contribution is -2.17. The predicted molar refractivity (Wildman–Crippen MR) is 83.8 cm³/mol. The van der Waals surface area contributed by atoms with E-state index >= 15 is 0 Å². The molecular formula is C16H22BrNO2. The van der Waals surface area contributed by atoms with Gasteiger partial charge in [0.1, 0.15) is 0 Å². The quantitative estimate of drug-likeness (QED) is 0.630. The SMILES string of the molecule is COC(=O)c1ccc(CNCCC2CCCC2)c(Br)c1. The predicted octanol–water partition coefficient (Wildman–Crippen LogP) is 3.91. The van der Waals surface area contributed by atoms with Crippen molar-refractivity contribution in [3.63, 3.8) is 0 Å². The van der Waals surface area contributed by atoms with E-state index < -0.39 is 0 Å². The van der Waals surface area contributed by atoms with E-state index in [2.05, 4.69) is 21.2 Å². The van der Waals surface area contributed by atoms with Crippen molar-refractivity contribution >= 4 is 21.9 Å². The molecule has 0 saturated heterocycles. The number of nitrogens with one attached hydrogen (secondary N) is 1. The molecule has 1 aliphatic rings. The maximum atomic E-state index is 11.4. The van der Waals surface area contributed by atoms with Gasteiger partial charge >= 0.3 is 5.97 Å². The first kappa shape index (κ1) is 15.5. The zero-order valence-corrected chi connectivity index (χ0v) is 13.5. The number of benzene rings is 1. The van der Waals surface area contributed by atoms with Crippen LogP contribution in [0.25, 0.3) is 0 Å². The van der Waals surface area contributed by atoms with Gasteiger partial charge in [0.15, 0.2) is 0 Å². The number of rotatable bonds is 6. The van der Waals surface area contributed by atoms with Gasteiger partial charge < -0.3 is 10.1 Å². The maximum absolute atomic E-state index is 11.4. The smallest absolute Gasteiger partial charge is 0.337 e. The van der Waals surface area contributed by atoms with E-state index in [0.717, 1.165) is 23.5 Å². The molecule has 2 rings (SSSR count). The largest absolute Gasteiger partial charge is 0.465 e. The van der Waals surface area contributed by atoms with Gasteiger partial charge in [-0.15, -0.1) is 0 Å². The van der Waals surface area contributed by atoms with E-state index in [0.29, 0.717) is 5.56 Å². The van der Waals surface area contributed by atoms with Crippen LogP contribution in [0.5, 0.6) is 0 Å². The second-order valence-electron chi connectivity index (χ2n) is 5.41. The molecule has 4 heteroatoms. The highest BCUT2D eigenvalue weighted by atomic mass is 79.9. The highest BCUT2D eigenvalue weighted by Gasteiger charge is 2.14. The summed E-state index contributed by atoms with van der Waals surface area (Å²) in [6.45, 7) is 1.89. The average molecular weight is 340 g/mol. The van der Waals surface area contributed by atoms with E-state index in [4.69, 9.17) is 4.74 Å². The highest BCUT2D eigenvalue weighted by molar-refractivity contribution is 9.10. The van der Waals surface area contributed by atoms with Crippen LogP contribution in [0.15, 0.2) is 22.7 Å². The number of hydrogen-bond donors (Lipinski definition) is 1. The van der Waals surface area contributed by atoms with E-state index in [1.807, 2.05) is 18.2 Å². The number of carbonyl (C=O) groups is 1. The Labute approximate surface area is 129 Å².